The quantitative estimate of drug-likeness (QED) is 0.762. The van der Waals surface area contributed by atoms with Crippen LogP contribution in [0.5, 0.6) is 0 Å². The highest BCUT2D eigenvalue weighted by molar-refractivity contribution is 6.30. The minimum atomic E-state index is -0.413. The first-order valence-corrected chi connectivity index (χ1v) is 4.90. The third-order valence-corrected chi connectivity index (χ3v) is 2.54. The summed E-state index contributed by atoms with van der Waals surface area (Å²) in [5, 5.41) is 0.134. The average Bonchev–Trinajstić information content (AvgIpc) is 2.07. The third kappa shape index (κ3) is 2.46. The molecule has 0 spiro atoms. The molecular weight excluding hydrogens is 201 g/mol. The molecule has 2 N–H and O–H groups in total. The molecule has 0 aliphatic rings. The second-order valence-corrected chi connectivity index (χ2v) is 4.92. The Morgan fingerprint density at radius 1 is 1.36 bits per heavy atom. The van der Waals surface area contributed by atoms with Crippen molar-refractivity contribution in [3.63, 3.8) is 0 Å². The zero-order valence-corrected chi connectivity index (χ0v) is 9.40. The van der Waals surface area contributed by atoms with Gasteiger partial charge in [-0.15, -0.1) is 0 Å². The third-order valence-electron chi connectivity index (χ3n) is 2.24. The van der Waals surface area contributed by atoms with Crippen LogP contribution in [0.1, 0.15) is 32.4 Å². The lowest BCUT2D eigenvalue weighted by molar-refractivity contribution is 0.326. The van der Waals surface area contributed by atoms with Crippen LogP contribution in [0, 0.1) is 11.2 Å². The first-order chi connectivity index (χ1) is 6.32. The standard InChI is InChI=1S/C11H15ClFN/c1-11(2,3)10(14)7-4-5-8(12)9(13)6-7/h4-6,10H,14H2,1-3H3/t10-/m1/s1. The number of rotatable bonds is 1. The van der Waals surface area contributed by atoms with Gasteiger partial charge in [-0.3, -0.25) is 0 Å². The van der Waals surface area contributed by atoms with Gasteiger partial charge in [0.2, 0.25) is 0 Å². The number of benzene rings is 1. The summed E-state index contributed by atoms with van der Waals surface area (Å²) >= 11 is 5.58. The summed E-state index contributed by atoms with van der Waals surface area (Å²) in [6.45, 7) is 6.05. The molecule has 0 saturated carbocycles. The maximum absolute atomic E-state index is 13.1. The molecule has 0 aromatic heterocycles. The molecule has 0 fully saturated rings. The molecule has 0 aliphatic carbocycles. The fraction of sp³-hybridized carbons (Fsp3) is 0.455. The van der Waals surface area contributed by atoms with Crippen LogP contribution in [-0.4, -0.2) is 0 Å². The van der Waals surface area contributed by atoms with E-state index in [0.29, 0.717) is 0 Å². The number of halogens is 2. The lowest BCUT2D eigenvalue weighted by Crippen LogP contribution is -2.26. The van der Waals surface area contributed by atoms with Crippen LogP contribution >= 0.6 is 11.6 Å². The van der Waals surface area contributed by atoms with Crippen molar-refractivity contribution in [2.75, 3.05) is 0 Å². The van der Waals surface area contributed by atoms with E-state index in [9.17, 15) is 4.39 Å². The molecular formula is C11H15ClFN. The highest BCUT2D eigenvalue weighted by Crippen LogP contribution is 2.31. The molecule has 1 nitrogen and oxygen atoms in total. The van der Waals surface area contributed by atoms with Crippen LogP contribution in [0.4, 0.5) is 4.39 Å². The Morgan fingerprint density at radius 3 is 2.36 bits per heavy atom. The van der Waals surface area contributed by atoms with Gasteiger partial charge < -0.3 is 5.73 Å². The van der Waals surface area contributed by atoms with E-state index in [1.54, 1.807) is 6.07 Å². The lowest BCUT2D eigenvalue weighted by atomic mass is 9.83. The van der Waals surface area contributed by atoms with E-state index in [4.69, 9.17) is 17.3 Å². The summed E-state index contributed by atoms with van der Waals surface area (Å²) in [6.07, 6.45) is 0. The van der Waals surface area contributed by atoms with Crippen molar-refractivity contribution in [2.24, 2.45) is 11.1 Å². The van der Waals surface area contributed by atoms with Crippen LogP contribution in [0.3, 0.4) is 0 Å². The van der Waals surface area contributed by atoms with Gasteiger partial charge in [0.1, 0.15) is 5.82 Å². The van der Waals surface area contributed by atoms with Crippen molar-refractivity contribution in [2.45, 2.75) is 26.8 Å². The predicted molar refractivity (Wildman–Crippen MR) is 57.8 cm³/mol. The molecule has 0 aliphatic heterocycles. The van der Waals surface area contributed by atoms with Gasteiger partial charge in [-0.1, -0.05) is 38.4 Å². The van der Waals surface area contributed by atoms with Gasteiger partial charge in [0, 0.05) is 6.04 Å². The number of hydrogen-bond acceptors (Lipinski definition) is 1. The molecule has 78 valence electrons. The molecule has 14 heavy (non-hydrogen) atoms. The second kappa shape index (κ2) is 3.87. The van der Waals surface area contributed by atoms with Crippen LogP contribution in [-0.2, 0) is 0 Å². The van der Waals surface area contributed by atoms with Gasteiger partial charge in [0.05, 0.1) is 5.02 Å². The minimum absolute atomic E-state index is 0.0831. The van der Waals surface area contributed by atoms with Crippen molar-refractivity contribution < 1.29 is 4.39 Å². The van der Waals surface area contributed by atoms with Crippen molar-refractivity contribution in [3.05, 3.63) is 34.6 Å². The lowest BCUT2D eigenvalue weighted by Gasteiger charge is -2.27. The van der Waals surface area contributed by atoms with E-state index in [1.807, 2.05) is 20.8 Å². The maximum Gasteiger partial charge on any atom is 0.142 e. The monoisotopic (exact) mass is 215 g/mol. The molecule has 0 radical (unpaired) electrons. The van der Waals surface area contributed by atoms with Crippen LogP contribution < -0.4 is 5.73 Å². The van der Waals surface area contributed by atoms with Gasteiger partial charge in [0.15, 0.2) is 0 Å². The number of hydrogen-bond donors (Lipinski definition) is 1. The van der Waals surface area contributed by atoms with Crippen molar-refractivity contribution in [1.29, 1.82) is 0 Å². The van der Waals surface area contributed by atoms with Crippen LogP contribution in [0.15, 0.2) is 18.2 Å². The summed E-state index contributed by atoms with van der Waals surface area (Å²) in [4.78, 5) is 0. The van der Waals surface area contributed by atoms with E-state index in [-0.39, 0.29) is 16.5 Å². The van der Waals surface area contributed by atoms with E-state index in [2.05, 4.69) is 0 Å². The van der Waals surface area contributed by atoms with Gasteiger partial charge in [-0.2, -0.15) is 0 Å². The van der Waals surface area contributed by atoms with Crippen LogP contribution in [0.25, 0.3) is 0 Å². The highest BCUT2D eigenvalue weighted by atomic mass is 35.5. The first kappa shape index (κ1) is 11.5. The highest BCUT2D eigenvalue weighted by Gasteiger charge is 2.22. The molecule has 0 heterocycles. The summed E-state index contributed by atoms with van der Waals surface area (Å²) in [6, 6.07) is 4.52. The van der Waals surface area contributed by atoms with E-state index >= 15 is 0 Å². The Balaban J connectivity index is 3.03. The molecule has 1 atom stereocenters. The molecule has 1 rings (SSSR count). The average molecular weight is 216 g/mol. The molecule has 0 bridgehead atoms. The summed E-state index contributed by atoms with van der Waals surface area (Å²) in [7, 11) is 0. The normalized spacial score (nSPS) is 14.1. The van der Waals surface area contributed by atoms with E-state index in [1.165, 1.54) is 12.1 Å². The van der Waals surface area contributed by atoms with Crippen molar-refractivity contribution in [3.8, 4) is 0 Å². The Morgan fingerprint density at radius 2 is 1.93 bits per heavy atom. The van der Waals surface area contributed by atoms with E-state index in [0.717, 1.165) is 5.56 Å². The summed E-state index contributed by atoms with van der Waals surface area (Å²) in [5.41, 5.74) is 6.68. The minimum Gasteiger partial charge on any atom is -0.324 e. The van der Waals surface area contributed by atoms with Crippen LogP contribution in [0.2, 0.25) is 5.02 Å². The topological polar surface area (TPSA) is 26.0 Å². The molecule has 0 saturated heterocycles. The van der Waals surface area contributed by atoms with Crippen molar-refractivity contribution in [1.82, 2.24) is 0 Å². The molecule has 0 unspecified atom stereocenters. The summed E-state index contributed by atoms with van der Waals surface area (Å²) in [5.74, 6) is -0.413. The molecule has 0 amide bonds. The fourth-order valence-electron chi connectivity index (χ4n) is 1.21. The Hall–Kier alpha value is -0.600. The molecule has 1 aromatic carbocycles. The van der Waals surface area contributed by atoms with E-state index < -0.39 is 5.82 Å². The fourth-order valence-corrected chi connectivity index (χ4v) is 1.32. The smallest absolute Gasteiger partial charge is 0.142 e. The Labute approximate surface area is 89.1 Å². The van der Waals surface area contributed by atoms with Gasteiger partial charge in [0.25, 0.3) is 0 Å². The van der Waals surface area contributed by atoms with Gasteiger partial charge in [-0.25, -0.2) is 4.39 Å². The Bertz CT molecular complexity index is 331. The first-order valence-electron chi connectivity index (χ1n) is 4.53. The summed E-state index contributed by atoms with van der Waals surface area (Å²) < 4.78 is 13.1. The van der Waals surface area contributed by atoms with Gasteiger partial charge >= 0.3 is 0 Å². The molecule has 3 heteroatoms. The van der Waals surface area contributed by atoms with Gasteiger partial charge in [-0.05, 0) is 23.1 Å². The second-order valence-electron chi connectivity index (χ2n) is 4.52. The zero-order chi connectivity index (χ0) is 10.9. The largest absolute Gasteiger partial charge is 0.324 e. The number of nitrogens with two attached hydrogens (primary N) is 1. The zero-order valence-electron chi connectivity index (χ0n) is 8.64. The maximum atomic E-state index is 13.1. The molecule has 1 aromatic rings. The Kier molecular flexibility index (Phi) is 3.17. The van der Waals surface area contributed by atoms with Crippen molar-refractivity contribution >= 4 is 11.6 Å². The predicted octanol–water partition coefficient (Wildman–Crippen LogP) is 3.53. The SMILES string of the molecule is CC(C)(C)[C@H](N)c1ccc(Cl)c(F)c1.